The largest absolute Gasteiger partial charge is 0.444 e. The van der Waals surface area contributed by atoms with E-state index in [-0.39, 0.29) is 42.2 Å². The Labute approximate surface area is 167 Å². The molecule has 4 rings (SSSR count). The molecule has 148 valence electrons. The molecule has 2 aromatic carbocycles. The van der Waals surface area contributed by atoms with Gasteiger partial charge < -0.3 is 10.1 Å². The topological polar surface area (TPSA) is 92.8 Å². The Morgan fingerprint density at radius 3 is 2.14 bits per heavy atom. The Balaban J connectivity index is 1.50. The molecule has 1 N–H and O–H groups in total. The van der Waals surface area contributed by atoms with E-state index in [0.717, 1.165) is 17.7 Å². The molecule has 29 heavy (non-hydrogen) atoms. The third kappa shape index (κ3) is 4.18. The minimum Gasteiger partial charge on any atom is -0.444 e. The first-order valence-corrected chi connectivity index (χ1v) is 9.55. The smallest absolute Gasteiger partial charge is 0.339 e. The maximum Gasteiger partial charge on any atom is 0.339 e. The van der Waals surface area contributed by atoms with Crippen LogP contribution in [-0.4, -0.2) is 29.7 Å². The summed E-state index contributed by atoms with van der Waals surface area (Å²) in [5.74, 6) is -1.52. The van der Waals surface area contributed by atoms with Crippen LogP contribution >= 0.6 is 0 Å². The highest BCUT2D eigenvalue weighted by Crippen LogP contribution is 2.26. The molecule has 2 aliphatic rings. The third-order valence-electron chi connectivity index (χ3n) is 4.90. The monoisotopic (exact) mass is 392 g/mol. The highest BCUT2D eigenvalue weighted by atomic mass is 16.5. The van der Waals surface area contributed by atoms with Gasteiger partial charge in [0.05, 0.1) is 11.3 Å². The van der Waals surface area contributed by atoms with Gasteiger partial charge in [-0.1, -0.05) is 30.3 Å². The number of nitrogens with zero attached hydrogens (tertiary/aromatic N) is 1. The van der Waals surface area contributed by atoms with E-state index in [0.29, 0.717) is 11.3 Å². The molecular weight excluding hydrogens is 372 g/mol. The first-order chi connectivity index (χ1) is 14.0. The SMILES string of the molecule is O=C(O[C@H](C(=O)NC1CC1)c1ccccc1)c1ccc(N2C(=O)CCC2=O)cc1. The summed E-state index contributed by atoms with van der Waals surface area (Å²) in [7, 11) is 0. The molecule has 0 spiro atoms. The number of nitrogens with one attached hydrogen (secondary N) is 1. The van der Waals surface area contributed by atoms with E-state index in [4.69, 9.17) is 4.74 Å². The van der Waals surface area contributed by atoms with Crippen molar-refractivity contribution in [3.05, 3.63) is 65.7 Å². The van der Waals surface area contributed by atoms with Crippen molar-refractivity contribution in [3.8, 4) is 0 Å². The molecule has 1 heterocycles. The summed E-state index contributed by atoms with van der Waals surface area (Å²) in [5.41, 5.74) is 1.23. The van der Waals surface area contributed by atoms with Gasteiger partial charge in [-0.25, -0.2) is 4.79 Å². The van der Waals surface area contributed by atoms with Gasteiger partial charge in [-0.2, -0.15) is 0 Å². The van der Waals surface area contributed by atoms with Crippen LogP contribution in [-0.2, 0) is 19.1 Å². The number of carbonyl (C=O) groups excluding carboxylic acids is 4. The minimum atomic E-state index is -1.05. The van der Waals surface area contributed by atoms with Gasteiger partial charge in [0.2, 0.25) is 17.9 Å². The predicted molar refractivity (Wildman–Crippen MR) is 104 cm³/mol. The molecule has 0 aromatic heterocycles. The van der Waals surface area contributed by atoms with Gasteiger partial charge in [0.15, 0.2) is 0 Å². The highest BCUT2D eigenvalue weighted by molar-refractivity contribution is 6.19. The fraction of sp³-hybridized carbons (Fsp3) is 0.273. The van der Waals surface area contributed by atoms with Gasteiger partial charge in [0.1, 0.15) is 0 Å². The van der Waals surface area contributed by atoms with E-state index in [1.807, 2.05) is 6.07 Å². The van der Waals surface area contributed by atoms with Gasteiger partial charge in [0, 0.05) is 24.4 Å². The summed E-state index contributed by atoms with van der Waals surface area (Å²) in [4.78, 5) is 50.0. The zero-order valence-corrected chi connectivity index (χ0v) is 15.7. The number of ether oxygens (including phenoxy) is 1. The number of carbonyl (C=O) groups is 4. The van der Waals surface area contributed by atoms with Gasteiger partial charge in [-0.05, 0) is 37.1 Å². The Morgan fingerprint density at radius 1 is 0.931 bits per heavy atom. The molecule has 1 saturated heterocycles. The lowest BCUT2D eigenvalue weighted by atomic mass is 10.1. The summed E-state index contributed by atoms with van der Waals surface area (Å²) in [6.07, 6.45) is 1.19. The summed E-state index contributed by atoms with van der Waals surface area (Å²) in [5, 5.41) is 2.87. The fourth-order valence-electron chi connectivity index (χ4n) is 3.19. The molecule has 1 atom stereocenters. The van der Waals surface area contributed by atoms with E-state index in [1.165, 1.54) is 24.3 Å². The van der Waals surface area contributed by atoms with Gasteiger partial charge in [-0.3, -0.25) is 19.3 Å². The van der Waals surface area contributed by atoms with Crippen molar-refractivity contribution in [2.24, 2.45) is 0 Å². The van der Waals surface area contributed by atoms with E-state index in [2.05, 4.69) is 5.32 Å². The summed E-state index contributed by atoms with van der Waals surface area (Å²) in [6.45, 7) is 0. The number of benzene rings is 2. The lowest BCUT2D eigenvalue weighted by Gasteiger charge is -2.18. The number of hydrogen-bond donors (Lipinski definition) is 1. The summed E-state index contributed by atoms with van der Waals surface area (Å²) >= 11 is 0. The number of anilines is 1. The van der Waals surface area contributed by atoms with E-state index in [9.17, 15) is 19.2 Å². The molecule has 7 nitrogen and oxygen atoms in total. The Hall–Kier alpha value is -3.48. The molecule has 0 unspecified atom stereocenters. The summed E-state index contributed by atoms with van der Waals surface area (Å²) in [6, 6.07) is 15.0. The molecule has 3 amide bonds. The first-order valence-electron chi connectivity index (χ1n) is 9.55. The standard InChI is InChI=1S/C22H20N2O5/c25-18-12-13-19(26)24(18)17-10-6-15(7-11-17)22(28)29-20(14-4-2-1-3-5-14)21(27)23-16-8-9-16/h1-7,10-11,16,20H,8-9,12-13H2,(H,23,27)/t20-/m0/s1. The molecule has 1 aliphatic heterocycles. The van der Waals surface area contributed by atoms with Crippen LogP contribution in [0, 0.1) is 0 Å². The van der Waals surface area contributed by atoms with Crippen molar-refractivity contribution in [2.45, 2.75) is 37.8 Å². The Bertz CT molecular complexity index is 935. The number of amides is 3. The number of rotatable bonds is 6. The fourth-order valence-corrected chi connectivity index (χ4v) is 3.19. The second-order valence-electron chi connectivity index (χ2n) is 7.15. The predicted octanol–water partition coefficient (Wildman–Crippen LogP) is 2.52. The van der Waals surface area contributed by atoms with Crippen LogP contribution < -0.4 is 10.2 Å². The maximum absolute atomic E-state index is 12.6. The van der Waals surface area contributed by atoms with Crippen molar-refractivity contribution in [1.82, 2.24) is 5.32 Å². The molecule has 2 fully saturated rings. The normalized spacial score (nSPS) is 17.2. The van der Waals surface area contributed by atoms with Crippen LogP contribution in [0.15, 0.2) is 54.6 Å². The minimum absolute atomic E-state index is 0.141. The van der Waals surface area contributed by atoms with Gasteiger partial charge >= 0.3 is 5.97 Å². The van der Waals surface area contributed by atoms with Crippen molar-refractivity contribution < 1.29 is 23.9 Å². The van der Waals surface area contributed by atoms with Crippen LogP contribution in [0.3, 0.4) is 0 Å². The Morgan fingerprint density at radius 2 is 1.55 bits per heavy atom. The number of imide groups is 1. The van der Waals surface area contributed by atoms with Crippen molar-refractivity contribution in [2.75, 3.05) is 4.90 Å². The molecule has 1 saturated carbocycles. The van der Waals surface area contributed by atoms with Crippen LogP contribution in [0.25, 0.3) is 0 Å². The lowest BCUT2D eigenvalue weighted by molar-refractivity contribution is -0.130. The second kappa shape index (κ2) is 7.87. The zero-order valence-electron chi connectivity index (χ0n) is 15.7. The van der Waals surface area contributed by atoms with E-state index >= 15 is 0 Å². The average Bonchev–Trinajstić information content (AvgIpc) is 3.49. The van der Waals surface area contributed by atoms with Crippen molar-refractivity contribution in [1.29, 1.82) is 0 Å². The first kappa shape index (κ1) is 18.9. The van der Waals surface area contributed by atoms with Crippen LogP contribution in [0.2, 0.25) is 0 Å². The Kier molecular flexibility index (Phi) is 5.12. The third-order valence-corrected chi connectivity index (χ3v) is 4.90. The number of hydrogen-bond acceptors (Lipinski definition) is 5. The lowest BCUT2D eigenvalue weighted by Crippen LogP contribution is -2.33. The molecule has 0 radical (unpaired) electrons. The van der Waals surface area contributed by atoms with Gasteiger partial charge in [0.25, 0.3) is 5.91 Å². The van der Waals surface area contributed by atoms with Crippen molar-refractivity contribution >= 4 is 29.4 Å². The second-order valence-corrected chi connectivity index (χ2v) is 7.15. The van der Waals surface area contributed by atoms with Crippen LogP contribution in [0.5, 0.6) is 0 Å². The molecular formula is C22H20N2O5. The van der Waals surface area contributed by atoms with E-state index in [1.54, 1.807) is 24.3 Å². The number of esters is 1. The average molecular weight is 392 g/mol. The van der Waals surface area contributed by atoms with Crippen LogP contribution in [0.1, 0.15) is 47.7 Å². The maximum atomic E-state index is 12.6. The quantitative estimate of drug-likeness (QED) is 0.602. The molecule has 7 heteroatoms. The molecule has 0 bridgehead atoms. The highest BCUT2D eigenvalue weighted by Gasteiger charge is 2.32. The molecule has 2 aromatic rings. The van der Waals surface area contributed by atoms with Crippen molar-refractivity contribution in [3.63, 3.8) is 0 Å². The molecule has 1 aliphatic carbocycles. The zero-order chi connectivity index (χ0) is 20.4. The van der Waals surface area contributed by atoms with Crippen LogP contribution in [0.4, 0.5) is 5.69 Å². The van der Waals surface area contributed by atoms with Gasteiger partial charge in [-0.15, -0.1) is 0 Å². The summed E-state index contributed by atoms with van der Waals surface area (Å²) < 4.78 is 5.52. The van der Waals surface area contributed by atoms with E-state index < -0.39 is 12.1 Å².